The minimum atomic E-state index is 0. The van der Waals surface area contributed by atoms with Crippen LogP contribution in [0.25, 0.3) is 0 Å². The van der Waals surface area contributed by atoms with Crippen molar-refractivity contribution in [2.75, 3.05) is 33.2 Å². The van der Waals surface area contributed by atoms with E-state index in [1.807, 2.05) is 24.3 Å². The van der Waals surface area contributed by atoms with Crippen molar-refractivity contribution >= 4 is 41.5 Å². The lowest BCUT2D eigenvalue weighted by molar-refractivity contribution is 0.215. The zero-order chi connectivity index (χ0) is 18.2. The van der Waals surface area contributed by atoms with Gasteiger partial charge >= 0.3 is 0 Å². The summed E-state index contributed by atoms with van der Waals surface area (Å²) < 4.78 is 5.66. The lowest BCUT2D eigenvalue weighted by Gasteiger charge is -2.26. The highest BCUT2D eigenvalue weighted by Crippen LogP contribution is 2.24. The van der Waals surface area contributed by atoms with Crippen LogP contribution in [-0.4, -0.2) is 49.1 Å². The van der Waals surface area contributed by atoms with Gasteiger partial charge < -0.3 is 15.1 Å². The Morgan fingerprint density at radius 1 is 1.30 bits per heavy atom. The fraction of sp³-hybridized carbons (Fsp3) is 0.474. The Morgan fingerprint density at radius 2 is 2.11 bits per heavy atom. The van der Waals surface area contributed by atoms with Gasteiger partial charge in [0.1, 0.15) is 10.9 Å². The van der Waals surface area contributed by atoms with Crippen LogP contribution in [-0.2, 0) is 6.42 Å². The quantitative estimate of drug-likeness (QED) is 0.262. The number of furan rings is 1. The Morgan fingerprint density at radius 3 is 2.74 bits per heavy atom. The number of aromatic nitrogens is 1. The van der Waals surface area contributed by atoms with Crippen molar-refractivity contribution in [1.82, 2.24) is 20.5 Å². The van der Waals surface area contributed by atoms with Crippen LogP contribution in [0.2, 0.25) is 5.15 Å². The van der Waals surface area contributed by atoms with Gasteiger partial charge in [0, 0.05) is 26.3 Å². The second-order valence-corrected chi connectivity index (χ2v) is 6.78. The highest BCUT2D eigenvalue weighted by molar-refractivity contribution is 14.0. The monoisotopic (exact) mass is 503 g/mol. The molecule has 6 nitrogen and oxygen atoms in total. The van der Waals surface area contributed by atoms with Crippen LogP contribution in [0.4, 0.5) is 0 Å². The molecule has 0 amide bonds. The lowest BCUT2D eigenvalue weighted by atomic mass is 10.2. The van der Waals surface area contributed by atoms with E-state index in [2.05, 4.69) is 25.5 Å². The van der Waals surface area contributed by atoms with Crippen molar-refractivity contribution in [3.8, 4) is 0 Å². The first kappa shape index (κ1) is 22.0. The van der Waals surface area contributed by atoms with Crippen LogP contribution in [0.1, 0.15) is 30.2 Å². The molecule has 2 aromatic heterocycles. The third-order valence-electron chi connectivity index (χ3n) is 4.63. The van der Waals surface area contributed by atoms with Crippen molar-refractivity contribution in [2.24, 2.45) is 4.99 Å². The minimum absolute atomic E-state index is 0. The van der Waals surface area contributed by atoms with Crippen LogP contribution in [0, 0.1) is 0 Å². The largest absolute Gasteiger partial charge is 0.468 e. The van der Waals surface area contributed by atoms with Crippen molar-refractivity contribution in [3.63, 3.8) is 0 Å². The van der Waals surface area contributed by atoms with Crippen LogP contribution < -0.4 is 10.6 Å². The van der Waals surface area contributed by atoms with E-state index < -0.39 is 0 Å². The zero-order valence-electron chi connectivity index (χ0n) is 15.5. The Kier molecular flexibility index (Phi) is 9.36. The molecule has 148 valence electrons. The highest BCUT2D eigenvalue weighted by atomic mass is 127. The molecule has 1 unspecified atom stereocenters. The van der Waals surface area contributed by atoms with Gasteiger partial charge in [-0.1, -0.05) is 17.7 Å². The van der Waals surface area contributed by atoms with Gasteiger partial charge in [0.2, 0.25) is 0 Å². The number of guanidine groups is 1. The standard InChI is InChI=1S/C19H26ClN5O.HI/c1-21-19(22-9-8-15-6-7-18(20)23-13-15)24-14-16(17-5-4-12-26-17)25-10-2-3-11-25;/h4-7,12-13,16H,2-3,8-11,14H2,1H3,(H2,21,22,24);1H. The second kappa shape index (κ2) is 11.5. The summed E-state index contributed by atoms with van der Waals surface area (Å²) in [6.45, 7) is 3.76. The molecule has 1 saturated heterocycles. The molecule has 0 saturated carbocycles. The predicted molar refractivity (Wildman–Crippen MR) is 120 cm³/mol. The summed E-state index contributed by atoms with van der Waals surface area (Å²) in [6, 6.07) is 8.04. The molecular weight excluding hydrogens is 477 g/mol. The topological polar surface area (TPSA) is 65.7 Å². The summed E-state index contributed by atoms with van der Waals surface area (Å²) in [5, 5.41) is 7.30. The number of nitrogens with zero attached hydrogens (tertiary/aromatic N) is 3. The van der Waals surface area contributed by atoms with E-state index in [1.165, 1.54) is 12.8 Å². The summed E-state index contributed by atoms with van der Waals surface area (Å²) >= 11 is 5.82. The highest BCUT2D eigenvalue weighted by Gasteiger charge is 2.25. The van der Waals surface area contributed by atoms with E-state index in [9.17, 15) is 0 Å². The van der Waals surface area contributed by atoms with Gasteiger partial charge in [-0.2, -0.15) is 0 Å². The van der Waals surface area contributed by atoms with E-state index >= 15 is 0 Å². The summed E-state index contributed by atoms with van der Waals surface area (Å²) in [5.41, 5.74) is 1.14. The summed E-state index contributed by atoms with van der Waals surface area (Å²) in [6.07, 6.45) is 6.91. The first-order chi connectivity index (χ1) is 12.8. The fourth-order valence-corrected chi connectivity index (χ4v) is 3.35. The summed E-state index contributed by atoms with van der Waals surface area (Å²) in [7, 11) is 1.79. The molecule has 1 aliphatic heterocycles. The van der Waals surface area contributed by atoms with Gasteiger partial charge in [-0.25, -0.2) is 4.98 Å². The maximum atomic E-state index is 5.82. The van der Waals surface area contributed by atoms with Crippen LogP contribution >= 0.6 is 35.6 Å². The third-order valence-corrected chi connectivity index (χ3v) is 4.86. The molecule has 0 spiro atoms. The van der Waals surface area contributed by atoms with Gasteiger partial charge in [-0.05, 0) is 56.1 Å². The normalized spacial score (nSPS) is 16.0. The molecule has 0 radical (unpaired) electrons. The predicted octanol–water partition coefficient (Wildman–Crippen LogP) is 3.49. The Labute approximate surface area is 182 Å². The first-order valence-electron chi connectivity index (χ1n) is 9.08. The number of halogens is 2. The lowest BCUT2D eigenvalue weighted by Crippen LogP contribution is -2.43. The van der Waals surface area contributed by atoms with Crippen molar-refractivity contribution in [2.45, 2.75) is 25.3 Å². The molecule has 1 atom stereocenters. The third kappa shape index (κ3) is 6.65. The van der Waals surface area contributed by atoms with E-state index in [1.54, 1.807) is 19.5 Å². The summed E-state index contributed by atoms with van der Waals surface area (Å²) in [5.74, 6) is 1.80. The van der Waals surface area contributed by atoms with Crippen LogP contribution in [0.15, 0.2) is 46.1 Å². The number of hydrogen-bond acceptors (Lipinski definition) is 4. The number of nitrogens with one attached hydrogen (secondary N) is 2. The molecule has 1 fully saturated rings. The Balaban J connectivity index is 0.00000261. The van der Waals surface area contributed by atoms with Gasteiger partial charge in [0.15, 0.2) is 5.96 Å². The molecule has 0 aliphatic carbocycles. The molecule has 3 heterocycles. The fourth-order valence-electron chi connectivity index (χ4n) is 3.24. The van der Waals surface area contributed by atoms with Crippen molar-refractivity contribution in [3.05, 3.63) is 53.2 Å². The molecule has 2 aromatic rings. The number of hydrogen-bond donors (Lipinski definition) is 2. The number of rotatable bonds is 7. The first-order valence-corrected chi connectivity index (χ1v) is 9.46. The molecule has 8 heteroatoms. The number of aliphatic imine (C=N–C) groups is 1. The van der Waals surface area contributed by atoms with E-state index in [4.69, 9.17) is 16.0 Å². The number of likely N-dealkylation sites (tertiary alicyclic amines) is 1. The van der Waals surface area contributed by atoms with Gasteiger partial charge in [0.05, 0.1) is 12.3 Å². The maximum absolute atomic E-state index is 5.82. The molecular formula is C19H27ClIN5O. The minimum Gasteiger partial charge on any atom is -0.468 e. The molecule has 0 bridgehead atoms. The van der Waals surface area contributed by atoms with E-state index in [0.717, 1.165) is 49.9 Å². The summed E-state index contributed by atoms with van der Waals surface area (Å²) in [4.78, 5) is 10.9. The van der Waals surface area contributed by atoms with Crippen LogP contribution in [0.5, 0.6) is 0 Å². The molecule has 0 aromatic carbocycles. The average molecular weight is 504 g/mol. The smallest absolute Gasteiger partial charge is 0.191 e. The molecule has 2 N–H and O–H groups in total. The second-order valence-electron chi connectivity index (χ2n) is 6.39. The maximum Gasteiger partial charge on any atom is 0.191 e. The average Bonchev–Trinajstić information content (AvgIpc) is 3.36. The van der Waals surface area contributed by atoms with Gasteiger partial charge in [-0.3, -0.25) is 9.89 Å². The van der Waals surface area contributed by atoms with E-state index in [0.29, 0.717) is 5.15 Å². The number of pyridine rings is 1. The van der Waals surface area contributed by atoms with Crippen LogP contribution in [0.3, 0.4) is 0 Å². The van der Waals surface area contributed by atoms with Gasteiger partial charge in [0.25, 0.3) is 0 Å². The van der Waals surface area contributed by atoms with Gasteiger partial charge in [-0.15, -0.1) is 24.0 Å². The SMILES string of the molecule is CN=C(NCCc1ccc(Cl)nc1)NCC(c1ccco1)N1CCCC1.I. The zero-order valence-corrected chi connectivity index (χ0v) is 18.6. The Bertz CT molecular complexity index is 687. The Hall–Kier alpha value is -1.32. The van der Waals surface area contributed by atoms with Crippen molar-refractivity contribution in [1.29, 1.82) is 0 Å². The van der Waals surface area contributed by atoms with E-state index in [-0.39, 0.29) is 30.0 Å². The molecule has 27 heavy (non-hydrogen) atoms. The van der Waals surface area contributed by atoms with Crippen molar-refractivity contribution < 1.29 is 4.42 Å². The molecule has 1 aliphatic rings. The molecule has 3 rings (SSSR count).